The molecule has 0 saturated heterocycles. The van der Waals surface area contributed by atoms with Gasteiger partial charge in [-0.05, 0) is 26.2 Å². The Morgan fingerprint density at radius 3 is 0.743 bits per heavy atom. The molecule has 0 fully saturated rings. The molecule has 13 heteroatoms. The summed E-state index contributed by atoms with van der Waals surface area (Å²) in [6.45, 7) is 6.68. The Bertz CT molecular complexity index is 603. The largest absolute Gasteiger partial charge is 4.00 e. The number of carbonyl (C=O) groups excluding carboxylic acids is 8. The molecule has 0 aromatic carbocycles. The molecule has 0 spiro atoms. The van der Waals surface area contributed by atoms with Crippen LogP contribution in [-0.4, -0.2) is 47.0 Å². The Labute approximate surface area is 219 Å². The second-order valence-corrected chi connectivity index (χ2v) is 6.76. The van der Waals surface area contributed by atoms with E-state index in [1.807, 2.05) is 20.8 Å². The monoisotopic (exact) mass is 536 g/mol. The first kappa shape index (κ1) is 42.4. The molecule has 0 amide bonds. The molecule has 0 aliphatic rings. The van der Waals surface area contributed by atoms with Crippen molar-refractivity contribution in [1.82, 2.24) is 0 Å². The van der Waals surface area contributed by atoms with Crippen molar-refractivity contribution in [1.29, 1.82) is 0 Å². The molecule has 0 aliphatic carbocycles. The minimum absolute atomic E-state index is 0. The maximum absolute atomic E-state index is 10.4. The van der Waals surface area contributed by atoms with Gasteiger partial charge in [0.15, 0.2) is 0 Å². The van der Waals surface area contributed by atoms with E-state index < -0.39 is 49.6 Å². The third-order valence-corrected chi connectivity index (χ3v) is 3.00. The van der Waals surface area contributed by atoms with Gasteiger partial charge in [0.2, 0.25) is 0 Å². The zero-order chi connectivity index (χ0) is 27.7. The molecule has 0 radical (unpaired) electrons. The van der Waals surface area contributed by atoms with Gasteiger partial charge in [-0.15, -0.1) is 0 Å². The predicted molar refractivity (Wildman–Crippen MR) is 109 cm³/mol. The minimum Gasteiger partial charge on any atom is -0.550 e. The molecule has 0 heterocycles. The van der Waals surface area contributed by atoms with Crippen molar-refractivity contribution >= 4 is 47.0 Å². The Morgan fingerprint density at radius 1 is 0.457 bits per heavy atom. The molecule has 0 aliphatic heterocycles. The number of Topliss-reactive ketones (excluding diaryl/α,β-unsaturated/α-hetero) is 4. The summed E-state index contributed by atoms with van der Waals surface area (Å²) in [7, 11) is 0. The molecule has 0 saturated carbocycles. The smallest absolute Gasteiger partial charge is 0.550 e. The summed E-state index contributed by atoms with van der Waals surface area (Å²) in [5.41, 5.74) is 0. The van der Waals surface area contributed by atoms with Crippen LogP contribution in [0.15, 0.2) is 0 Å². The molecular formula is C22H32O12Ti. The van der Waals surface area contributed by atoms with Crippen molar-refractivity contribution in [2.24, 2.45) is 0 Å². The van der Waals surface area contributed by atoms with Crippen LogP contribution in [0.2, 0.25) is 0 Å². The van der Waals surface area contributed by atoms with E-state index in [-0.39, 0.29) is 44.9 Å². The number of carbonyl (C=O) groups is 8. The number of carboxylic acids is 4. The van der Waals surface area contributed by atoms with Gasteiger partial charge in [-0.1, -0.05) is 20.8 Å². The van der Waals surface area contributed by atoms with Gasteiger partial charge in [0, 0.05) is 68.8 Å². The van der Waals surface area contributed by atoms with E-state index in [4.69, 9.17) is 0 Å². The summed E-state index contributed by atoms with van der Waals surface area (Å²) in [5, 5.41) is 38.7. The van der Waals surface area contributed by atoms with E-state index in [9.17, 15) is 58.8 Å². The van der Waals surface area contributed by atoms with Crippen molar-refractivity contribution in [3.63, 3.8) is 0 Å². The number of hydrogen-bond donors (Lipinski definition) is 0. The normalized spacial score (nSPS) is 8.57. The Kier molecular flexibility index (Phi) is 35.5. The number of carboxylic acid groups (broad SMARTS) is 4. The second kappa shape index (κ2) is 29.3. The third-order valence-electron chi connectivity index (χ3n) is 3.00. The first-order chi connectivity index (χ1) is 15.6. The fraction of sp³-hybridized carbons (Fsp3) is 0.636. The van der Waals surface area contributed by atoms with Crippen LogP contribution in [0.25, 0.3) is 0 Å². The summed E-state index contributed by atoms with van der Waals surface area (Å²) in [4.78, 5) is 79.9. The SMILES string of the molecule is CC(=O)CC(=O)[O-].CCCC(=O)CC(=O)[O-].CCCC(=O)CC(=O)[O-].CCCC(=O)CC(=O)[O-].[Ti+4]. The van der Waals surface area contributed by atoms with Gasteiger partial charge >= 0.3 is 21.7 Å². The summed E-state index contributed by atoms with van der Waals surface area (Å²) in [6.07, 6.45) is 1.34. The second-order valence-electron chi connectivity index (χ2n) is 6.76. The number of aliphatic carboxylic acids is 4. The maximum Gasteiger partial charge on any atom is 4.00 e. The Hall–Kier alpha value is -2.73. The van der Waals surface area contributed by atoms with Crippen LogP contribution in [0.5, 0.6) is 0 Å². The van der Waals surface area contributed by atoms with Gasteiger partial charge in [0.25, 0.3) is 0 Å². The molecule has 35 heavy (non-hydrogen) atoms. The van der Waals surface area contributed by atoms with E-state index in [1.165, 1.54) is 6.92 Å². The van der Waals surface area contributed by atoms with Crippen molar-refractivity contribution in [3.05, 3.63) is 0 Å². The van der Waals surface area contributed by atoms with Gasteiger partial charge in [0.1, 0.15) is 23.1 Å². The van der Waals surface area contributed by atoms with Gasteiger partial charge in [-0.2, -0.15) is 0 Å². The number of ketones is 4. The molecule has 196 valence electrons. The maximum atomic E-state index is 10.4. The average Bonchev–Trinajstić information content (AvgIpc) is 2.60. The van der Waals surface area contributed by atoms with E-state index >= 15 is 0 Å². The van der Waals surface area contributed by atoms with E-state index in [2.05, 4.69) is 0 Å². The molecule has 0 unspecified atom stereocenters. The van der Waals surface area contributed by atoms with Crippen molar-refractivity contribution in [3.8, 4) is 0 Å². The summed E-state index contributed by atoms with van der Waals surface area (Å²) in [5.74, 6) is -6.30. The third kappa shape index (κ3) is 54.0. The fourth-order valence-corrected chi connectivity index (χ4v) is 1.79. The molecular weight excluding hydrogens is 504 g/mol. The summed E-state index contributed by atoms with van der Waals surface area (Å²) in [6, 6.07) is 0. The van der Waals surface area contributed by atoms with Crippen LogP contribution >= 0.6 is 0 Å². The zero-order valence-electron chi connectivity index (χ0n) is 20.5. The van der Waals surface area contributed by atoms with Gasteiger partial charge in [-0.25, -0.2) is 0 Å². The van der Waals surface area contributed by atoms with E-state index in [1.54, 1.807) is 0 Å². The standard InChI is InChI=1S/3C6H10O3.C4H6O3.Ti/c3*1-2-3-5(7)4-6(8)9;1-3(5)2-4(6)7;/h3*2-4H2,1H3,(H,8,9);2H2,1H3,(H,6,7);/q;;;;+4/p-4. The predicted octanol–water partition coefficient (Wildman–Crippen LogP) is -2.80. The molecule has 0 rings (SSSR count). The van der Waals surface area contributed by atoms with Crippen LogP contribution in [0.1, 0.15) is 91.9 Å². The molecule has 0 bridgehead atoms. The van der Waals surface area contributed by atoms with Crippen LogP contribution in [-0.2, 0) is 60.1 Å². The van der Waals surface area contributed by atoms with Gasteiger partial charge in [0.05, 0.1) is 0 Å². The summed E-state index contributed by atoms with van der Waals surface area (Å²) < 4.78 is 0. The fourth-order valence-electron chi connectivity index (χ4n) is 1.79. The van der Waals surface area contributed by atoms with Crippen molar-refractivity contribution < 1.29 is 80.5 Å². The van der Waals surface area contributed by atoms with Crippen molar-refractivity contribution in [2.75, 3.05) is 0 Å². The van der Waals surface area contributed by atoms with Crippen LogP contribution in [0.3, 0.4) is 0 Å². The van der Waals surface area contributed by atoms with Crippen LogP contribution < -0.4 is 20.4 Å². The molecule has 0 atom stereocenters. The first-order valence-corrected chi connectivity index (χ1v) is 10.5. The topological polar surface area (TPSA) is 229 Å². The summed E-state index contributed by atoms with van der Waals surface area (Å²) >= 11 is 0. The molecule has 0 aromatic rings. The molecule has 12 nitrogen and oxygen atoms in total. The van der Waals surface area contributed by atoms with E-state index in [0.717, 1.165) is 0 Å². The quantitative estimate of drug-likeness (QED) is 0.162. The van der Waals surface area contributed by atoms with Crippen LogP contribution in [0, 0.1) is 0 Å². The first-order valence-electron chi connectivity index (χ1n) is 10.5. The molecule has 0 aromatic heterocycles. The average molecular weight is 536 g/mol. The van der Waals surface area contributed by atoms with E-state index in [0.29, 0.717) is 38.5 Å². The minimum atomic E-state index is -1.31. The van der Waals surface area contributed by atoms with Crippen molar-refractivity contribution in [2.45, 2.75) is 91.9 Å². The Morgan fingerprint density at radius 2 is 0.657 bits per heavy atom. The Balaban J connectivity index is -0.000000114. The molecule has 0 N–H and O–H groups in total. The number of hydrogen-bond acceptors (Lipinski definition) is 12. The van der Waals surface area contributed by atoms with Crippen LogP contribution in [0.4, 0.5) is 0 Å². The van der Waals surface area contributed by atoms with Gasteiger partial charge < -0.3 is 39.6 Å². The number of rotatable bonds is 14. The van der Waals surface area contributed by atoms with Gasteiger partial charge in [-0.3, -0.25) is 19.2 Å². The zero-order valence-corrected chi connectivity index (χ0v) is 22.0.